The van der Waals surface area contributed by atoms with E-state index >= 15 is 0 Å². The molecule has 2 atom stereocenters. The van der Waals surface area contributed by atoms with E-state index in [0.29, 0.717) is 12.0 Å². The molecular weight excluding hydrogens is 168 g/mol. The standard InChI is InChI=1S/C9H16N2S/c1-4-10-8(3)7(2)9-11-5-6-12-9/h5-8,10H,4H2,1-3H3. The summed E-state index contributed by atoms with van der Waals surface area (Å²) >= 11 is 1.73. The number of hydrogen-bond donors (Lipinski definition) is 1. The molecule has 0 bridgehead atoms. The Bertz CT molecular complexity index is 208. The second-order valence-electron chi connectivity index (χ2n) is 3.01. The lowest BCUT2D eigenvalue weighted by atomic mass is 10.1. The van der Waals surface area contributed by atoms with Crippen molar-refractivity contribution in [2.75, 3.05) is 6.54 Å². The van der Waals surface area contributed by atoms with Gasteiger partial charge in [-0.15, -0.1) is 11.3 Å². The Hall–Kier alpha value is -0.410. The first-order valence-corrected chi connectivity index (χ1v) is 5.26. The van der Waals surface area contributed by atoms with Crippen molar-refractivity contribution in [2.24, 2.45) is 0 Å². The molecule has 12 heavy (non-hydrogen) atoms. The average molecular weight is 184 g/mol. The van der Waals surface area contributed by atoms with Crippen LogP contribution in [-0.2, 0) is 0 Å². The van der Waals surface area contributed by atoms with Crippen LogP contribution in [0.15, 0.2) is 11.6 Å². The molecule has 0 aromatic carbocycles. The van der Waals surface area contributed by atoms with Gasteiger partial charge in [-0.2, -0.15) is 0 Å². The summed E-state index contributed by atoms with van der Waals surface area (Å²) in [4.78, 5) is 4.30. The number of nitrogens with zero attached hydrogens (tertiary/aromatic N) is 1. The average Bonchev–Trinajstić information content (AvgIpc) is 2.55. The highest BCUT2D eigenvalue weighted by Crippen LogP contribution is 2.20. The summed E-state index contributed by atoms with van der Waals surface area (Å²) in [6.45, 7) is 7.57. The van der Waals surface area contributed by atoms with E-state index in [-0.39, 0.29) is 0 Å². The first-order chi connectivity index (χ1) is 5.75. The maximum Gasteiger partial charge on any atom is 0.0968 e. The van der Waals surface area contributed by atoms with Crippen LogP contribution in [0.1, 0.15) is 31.7 Å². The molecule has 2 unspecified atom stereocenters. The van der Waals surface area contributed by atoms with E-state index < -0.39 is 0 Å². The normalized spacial score (nSPS) is 15.9. The van der Waals surface area contributed by atoms with E-state index in [1.54, 1.807) is 11.3 Å². The Balaban J connectivity index is 2.53. The van der Waals surface area contributed by atoms with Crippen molar-refractivity contribution in [3.63, 3.8) is 0 Å². The number of nitrogens with one attached hydrogen (secondary N) is 1. The first kappa shape index (κ1) is 9.68. The van der Waals surface area contributed by atoms with Crippen molar-refractivity contribution in [3.8, 4) is 0 Å². The third-order valence-electron chi connectivity index (χ3n) is 2.12. The summed E-state index contributed by atoms with van der Waals surface area (Å²) in [7, 11) is 0. The van der Waals surface area contributed by atoms with E-state index in [4.69, 9.17) is 0 Å². The molecule has 0 radical (unpaired) electrons. The Kier molecular flexibility index (Phi) is 3.69. The van der Waals surface area contributed by atoms with Gasteiger partial charge in [-0.1, -0.05) is 13.8 Å². The van der Waals surface area contributed by atoms with Gasteiger partial charge in [0.15, 0.2) is 0 Å². The number of aromatic nitrogens is 1. The van der Waals surface area contributed by atoms with Gasteiger partial charge < -0.3 is 5.32 Å². The van der Waals surface area contributed by atoms with Gasteiger partial charge in [-0.25, -0.2) is 4.98 Å². The fourth-order valence-electron chi connectivity index (χ4n) is 1.17. The van der Waals surface area contributed by atoms with Gasteiger partial charge in [0.1, 0.15) is 0 Å². The molecule has 0 amide bonds. The Morgan fingerprint density at radius 1 is 1.58 bits per heavy atom. The van der Waals surface area contributed by atoms with E-state index in [1.165, 1.54) is 5.01 Å². The third-order valence-corrected chi connectivity index (χ3v) is 3.09. The lowest BCUT2D eigenvalue weighted by Gasteiger charge is -2.18. The van der Waals surface area contributed by atoms with E-state index in [2.05, 4.69) is 31.1 Å². The fraction of sp³-hybridized carbons (Fsp3) is 0.667. The minimum absolute atomic E-state index is 0.515. The highest BCUT2D eigenvalue weighted by atomic mass is 32.1. The van der Waals surface area contributed by atoms with Crippen LogP contribution in [-0.4, -0.2) is 17.6 Å². The van der Waals surface area contributed by atoms with Crippen molar-refractivity contribution in [3.05, 3.63) is 16.6 Å². The third kappa shape index (κ3) is 2.29. The highest BCUT2D eigenvalue weighted by molar-refractivity contribution is 7.09. The monoisotopic (exact) mass is 184 g/mol. The quantitative estimate of drug-likeness (QED) is 0.776. The molecule has 0 aliphatic rings. The van der Waals surface area contributed by atoms with Crippen molar-refractivity contribution >= 4 is 11.3 Å². The summed E-state index contributed by atoms with van der Waals surface area (Å²) in [6, 6.07) is 0.515. The van der Waals surface area contributed by atoms with Gasteiger partial charge in [-0.05, 0) is 13.5 Å². The predicted octanol–water partition coefficient (Wildman–Crippen LogP) is 2.24. The number of likely N-dealkylation sites (N-methyl/N-ethyl adjacent to an activating group) is 1. The maximum absolute atomic E-state index is 4.30. The van der Waals surface area contributed by atoms with E-state index in [9.17, 15) is 0 Å². The van der Waals surface area contributed by atoms with Gasteiger partial charge in [0.2, 0.25) is 0 Å². The van der Waals surface area contributed by atoms with Crippen LogP contribution in [0.4, 0.5) is 0 Å². The summed E-state index contributed by atoms with van der Waals surface area (Å²) < 4.78 is 0. The molecule has 0 fully saturated rings. The zero-order valence-electron chi connectivity index (χ0n) is 7.87. The van der Waals surface area contributed by atoms with Crippen LogP contribution in [0, 0.1) is 0 Å². The summed E-state index contributed by atoms with van der Waals surface area (Å²) in [5.41, 5.74) is 0. The van der Waals surface area contributed by atoms with Crippen LogP contribution in [0.2, 0.25) is 0 Å². The molecule has 0 spiro atoms. The van der Waals surface area contributed by atoms with Crippen LogP contribution in [0.5, 0.6) is 0 Å². The van der Waals surface area contributed by atoms with Gasteiger partial charge in [-0.3, -0.25) is 0 Å². The Morgan fingerprint density at radius 3 is 2.83 bits per heavy atom. The molecule has 0 aliphatic heterocycles. The van der Waals surface area contributed by atoms with Crippen LogP contribution in [0.3, 0.4) is 0 Å². The zero-order chi connectivity index (χ0) is 8.97. The molecule has 68 valence electrons. The Morgan fingerprint density at radius 2 is 2.33 bits per heavy atom. The van der Waals surface area contributed by atoms with Gasteiger partial charge >= 0.3 is 0 Å². The van der Waals surface area contributed by atoms with Crippen LogP contribution >= 0.6 is 11.3 Å². The number of thiazole rings is 1. The predicted molar refractivity (Wildman–Crippen MR) is 53.7 cm³/mol. The molecule has 1 aromatic heterocycles. The van der Waals surface area contributed by atoms with Crippen molar-refractivity contribution in [2.45, 2.75) is 32.7 Å². The van der Waals surface area contributed by atoms with Crippen molar-refractivity contribution in [1.29, 1.82) is 0 Å². The summed E-state index contributed by atoms with van der Waals surface area (Å²) in [5.74, 6) is 0.518. The van der Waals surface area contributed by atoms with E-state index in [1.807, 2.05) is 11.6 Å². The molecule has 0 saturated carbocycles. The molecule has 1 rings (SSSR count). The van der Waals surface area contributed by atoms with Crippen LogP contribution < -0.4 is 5.32 Å². The molecule has 1 heterocycles. The second kappa shape index (κ2) is 4.58. The largest absolute Gasteiger partial charge is 0.314 e. The number of hydrogen-bond acceptors (Lipinski definition) is 3. The summed E-state index contributed by atoms with van der Waals surface area (Å²) in [5, 5.41) is 6.66. The fourth-order valence-corrected chi connectivity index (χ4v) is 1.97. The lowest BCUT2D eigenvalue weighted by Crippen LogP contribution is -2.30. The molecular formula is C9H16N2S. The topological polar surface area (TPSA) is 24.9 Å². The number of rotatable bonds is 4. The SMILES string of the molecule is CCNC(C)C(C)c1nccs1. The summed E-state index contributed by atoms with van der Waals surface area (Å²) in [6.07, 6.45) is 1.87. The molecule has 3 heteroatoms. The molecule has 1 aromatic rings. The minimum Gasteiger partial charge on any atom is -0.314 e. The van der Waals surface area contributed by atoms with Crippen molar-refractivity contribution in [1.82, 2.24) is 10.3 Å². The first-order valence-electron chi connectivity index (χ1n) is 4.38. The second-order valence-corrected chi connectivity index (χ2v) is 3.93. The highest BCUT2D eigenvalue weighted by Gasteiger charge is 2.14. The van der Waals surface area contributed by atoms with Gasteiger partial charge in [0.05, 0.1) is 5.01 Å². The maximum atomic E-state index is 4.30. The molecule has 1 N–H and O–H groups in total. The molecule has 2 nitrogen and oxygen atoms in total. The smallest absolute Gasteiger partial charge is 0.0968 e. The Labute approximate surface area is 78.0 Å². The lowest BCUT2D eigenvalue weighted by molar-refractivity contribution is 0.493. The van der Waals surface area contributed by atoms with Crippen LogP contribution in [0.25, 0.3) is 0 Å². The molecule has 0 aliphatic carbocycles. The van der Waals surface area contributed by atoms with Crippen molar-refractivity contribution < 1.29 is 0 Å². The van der Waals surface area contributed by atoms with Gasteiger partial charge in [0, 0.05) is 23.5 Å². The minimum atomic E-state index is 0.515. The van der Waals surface area contributed by atoms with E-state index in [0.717, 1.165) is 6.54 Å². The zero-order valence-corrected chi connectivity index (χ0v) is 8.69. The van der Waals surface area contributed by atoms with Gasteiger partial charge in [0.25, 0.3) is 0 Å². The molecule has 0 saturated heterocycles.